The highest BCUT2D eigenvalue weighted by Gasteiger charge is 2.30. The number of ether oxygens (including phenoxy) is 3. The van der Waals surface area contributed by atoms with Gasteiger partial charge in [0.25, 0.3) is 0 Å². The van der Waals surface area contributed by atoms with Crippen molar-refractivity contribution in [2.24, 2.45) is 5.92 Å². The molecule has 0 spiro atoms. The van der Waals surface area contributed by atoms with Crippen molar-refractivity contribution in [1.29, 1.82) is 0 Å². The highest BCUT2D eigenvalue weighted by atomic mass is 16.5. The summed E-state index contributed by atoms with van der Waals surface area (Å²) < 4.78 is 16.5. The van der Waals surface area contributed by atoms with E-state index < -0.39 is 0 Å². The van der Waals surface area contributed by atoms with Crippen LogP contribution in [0.2, 0.25) is 0 Å². The fraction of sp³-hybridized carbons (Fsp3) is 0.407. The molecule has 1 saturated carbocycles. The quantitative estimate of drug-likeness (QED) is 0.460. The van der Waals surface area contributed by atoms with Crippen LogP contribution in [0.4, 0.5) is 5.82 Å². The summed E-state index contributed by atoms with van der Waals surface area (Å²) >= 11 is 0. The predicted octanol–water partition coefficient (Wildman–Crippen LogP) is 4.66. The number of nitrogens with zero attached hydrogens (tertiary/aromatic N) is 3. The minimum absolute atomic E-state index is 0.101. The molecule has 7 nitrogen and oxygen atoms in total. The Balaban J connectivity index is 1.75. The number of methoxy groups -OCH3 is 3. The van der Waals surface area contributed by atoms with E-state index in [0.717, 1.165) is 58.6 Å². The first-order chi connectivity index (χ1) is 16.4. The fourth-order valence-corrected chi connectivity index (χ4v) is 4.37. The highest BCUT2D eigenvalue weighted by molar-refractivity contribution is 5.92. The van der Waals surface area contributed by atoms with Crippen molar-refractivity contribution >= 4 is 22.6 Å². The Morgan fingerprint density at radius 1 is 0.941 bits per heavy atom. The van der Waals surface area contributed by atoms with E-state index in [1.165, 1.54) is 0 Å². The Hall–Kier alpha value is -3.48. The van der Waals surface area contributed by atoms with Crippen molar-refractivity contribution < 1.29 is 19.0 Å². The zero-order valence-corrected chi connectivity index (χ0v) is 20.6. The number of aromatic nitrogens is 1. The summed E-state index contributed by atoms with van der Waals surface area (Å²) in [7, 11) is 8.87. The smallest absolute Gasteiger partial charge is 0.226 e. The summed E-state index contributed by atoms with van der Waals surface area (Å²) in [4.78, 5) is 22.3. The molecule has 0 radical (unpaired) electrons. The second kappa shape index (κ2) is 10.2. The Morgan fingerprint density at radius 2 is 1.62 bits per heavy atom. The number of benzene rings is 2. The minimum atomic E-state index is 0.101. The zero-order chi connectivity index (χ0) is 24.2. The van der Waals surface area contributed by atoms with Gasteiger partial charge in [0.2, 0.25) is 5.91 Å². The Kier molecular flexibility index (Phi) is 7.10. The van der Waals surface area contributed by atoms with Crippen LogP contribution in [-0.4, -0.2) is 51.2 Å². The number of hydrogen-bond donors (Lipinski definition) is 0. The van der Waals surface area contributed by atoms with Gasteiger partial charge in [-0.2, -0.15) is 0 Å². The lowest BCUT2D eigenvalue weighted by Gasteiger charge is -2.32. The van der Waals surface area contributed by atoms with Crippen LogP contribution >= 0.6 is 0 Å². The van der Waals surface area contributed by atoms with E-state index in [2.05, 4.69) is 6.07 Å². The molecule has 0 atom stereocenters. The van der Waals surface area contributed by atoms with Gasteiger partial charge < -0.3 is 24.0 Å². The van der Waals surface area contributed by atoms with Gasteiger partial charge in [-0.15, -0.1) is 0 Å². The number of anilines is 1. The third kappa shape index (κ3) is 4.74. The number of pyridine rings is 1. The molecule has 2 aromatic carbocycles. The van der Waals surface area contributed by atoms with Crippen molar-refractivity contribution in [3.05, 3.63) is 53.6 Å². The van der Waals surface area contributed by atoms with Gasteiger partial charge in [-0.25, -0.2) is 4.98 Å². The average molecular weight is 464 g/mol. The van der Waals surface area contributed by atoms with Gasteiger partial charge in [0.1, 0.15) is 28.6 Å². The van der Waals surface area contributed by atoms with Crippen LogP contribution in [0.3, 0.4) is 0 Å². The first-order valence-corrected chi connectivity index (χ1v) is 11.6. The standard InChI is InChI=1S/C27H33N3O4/c1-29(2)26-20(15-22-23(33-4)13-14-24(34-5)25(22)28-26)17-30(27(31)19-7-6-8-19)16-18-9-11-21(32-3)12-10-18/h9-15,19H,6-8,16-17H2,1-5H3. The largest absolute Gasteiger partial charge is 0.497 e. The number of fused-ring (bicyclic) bond motifs is 1. The molecular weight excluding hydrogens is 430 g/mol. The third-order valence-corrected chi connectivity index (χ3v) is 6.49. The van der Waals surface area contributed by atoms with Gasteiger partial charge >= 0.3 is 0 Å². The molecule has 0 aliphatic heterocycles. The minimum Gasteiger partial charge on any atom is -0.497 e. The molecule has 34 heavy (non-hydrogen) atoms. The summed E-state index contributed by atoms with van der Waals surface area (Å²) in [5.74, 6) is 3.32. The van der Waals surface area contributed by atoms with E-state index in [9.17, 15) is 4.79 Å². The maximum atomic E-state index is 13.4. The van der Waals surface area contributed by atoms with Crippen LogP contribution in [0.15, 0.2) is 42.5 Å². The van der Waals surface area contributed by atoms with Crippen LogP contribution in [0.5, 0.6) is 17.2 Å². The molecule has 1 aliphatic carbocycles. The lowest BCUT2D eigenvalue weighted by atomic mass is 9.84. The van der Waals surface area contributed by atoms with Gasteiger partial charge in [-0.05, 0) is 48.7 Å². The molecule has 1 heterocycles. The van der Waals surface area contributed by atoms with Crippen LogP contribution in [0, 0.1) is 5.92 Å². The highest BCUT2D eigenvalue weighted by Crippen LogP contribution is 2.36. The van der Waals surface area contributed by atoms with Crippen molar-refractivity contribution in [1.82, 2.24) is 9.88 Å². The predicted molar refractivity (Wildman–Crippen MR) is 134 cm³/mol. The second-order valence-electron chi connectivity index (χ2n) is 8.90. The molecule has 0 N–H and O–H groups in total. The SMILES string of the molecule is COc1ccc(CN(Cc2cc3c(OC)ccc(OC)c3nc2N(C)C)C(=O)C2CCC2)cc1. The molecule has 7 heteroatoms. The number of hydrogen-bond acceptors (Lipinski definition) is 6. The average Bonchev–Trinajstić information content (AvgIpc) is 2.81. The lowest BCUT2D eigenvalue weighted by Crippen LogP contribution is -2.38. The Labute approximate surface area is 201 Å². The summed E-state index contributed by atoms with van der Waals surface area (Å²) in [6.45, 7) is 0.984. The normalized spacial score (nSPS) is 13.3. The van der Waals surface area contributed by atoms with Gasteiger partial charge in [0, 0.05) is 44.1 Å². The third-order valence-electron chi connectivity index (χ3n) is 6.49. The van der Waals surface area contributed by atoms with Crippen molar-refractivity contribution in [2.75, 3.05) is 40.3 Å². The lowest BCUT2D eigenvalue weighted by molar-refractivity contribution is -0.139. The van der Waals surface area contributed by atoms with Crippen molar-refractivity contribution in [3.8, 4) is 17.2 Å². The molecule has 0 unspecified atom stereocenters. The molecule has 180 valence electrons. The molecular formula is C27H33N3O4. The summed E-state index contributed by atoms with van der Waals surface area (Å²) in [6.07, 6.45) is 3.03. The summed E-state index contributed by atoms with van der Waals surface area (Å²) in [6, 6.07) is 13.7. The van der Waals surface area contributed by atoms with E-state index in [1.807, 2.05) is 60.3 Å². The molecule has 1 aliphatic rings. The van der Waals surface area contributed by atoms with E-state index in [-0.39, 0.29) is 11.8 Å². The molecule has 4 rings (SSSR count). The number of carbonyl (C=O) groups is 1. The van der Waals surface area contributed by atoms with E-state index in [1.54, 1.807) is 21.3 Å². The van der Waals surface area contributed by atoms with Gasteiger partial charge in [0.05, 0.1) is 21.3 Å². The first kappa shape index (κ1) is 23.7. The first-order valence-electron chi connectivity index (χ1n) is 11.6. The second-order valence-corrected chi connectivity index (χ2v) is 8.90. The maximum absolute atomic E-state index is 13.4. The molecule has 0 bridgehead atoms. The molecule has 0 saturated heterocycles. The number of carbonyl (C=O) groups excluding carboxylic acids is 1. The van der Waals surface area contributed by atoms with Crippen molar-refractivity contribution in [2.45, 2.75) is 32.4 Å². The maximum Gasteiger partial charge on any atom is 0.226 e. The van der Waals surface area contributed by atoms with Crippen molar-refractivity contribution in [3.63, 3.8) is 0 Å². The van der Waals surface area contributed by atoms with E-state index in [0.29, 0.717) is 18.8 Å². The summed E-state index contributed by atoms with van der Waals surface area (Å²) in [5, 5.41) is 0.864. The topological polar surface area (TPSA) is 64.1 Å². The van der Waals surface area contributed by atoms with Crippen LogP contribution in [-0.2, 0) is 17.9 Å². The monoisotopic (exact) mass is 463 g/mol. The fourth-order valence-electron chi connectivity index (χ4n) is 4.37. The molecule has 1 amide bonds. The molecule has 1 fully saturated rings. The van der Waals surface area contributed by atoms with Crippen LogP contribution in [0.1, 0.15) is 30.4 Å². The van der Waals surface area contributed by atoms with Gasteiger partial charge in [0.15, 0.2) is 0 Å². The Morgan fingerprint density at radius 3 is 2.18 bits per heavy atom. The van der Waals surface area contributed by atoms with Crippen LogP contribution in [0.25, 0.3) is 10.9 Å². The van der Waals surface area contributed by atoms with E-state index in [4.69, 9.17) is 19.2 Å². The van der Waals surface area contributed by atoms with Crippen LogP contribution < -0.4 is 19.1 Å². The Bertz CT molecular complexity index is 1160. The molecule has 3 aromatic rings. The van der Waals surface area contributed by atoms with Gasteiger partial charge in [-0.1, -0.05) is 18.6 Å². The zero-order valence-electron chi connectivity index (χ0n) is 20.6. The number of amides is 1. The van der Waals surface area contributed by atoms with Gasteiger partial charge in [-0.3, -0.25) is 4.79 Å². The summed E-state index contributed by atoms with van der Waals surface area (Å²) in [5.41, 5.74) is 2.76. The molecule has 1 aromatic heterocycles. The number of rotatable bonds is 9. The van der Waals surface area contributed by atoms with E-state index >= 15 is 0 Å².